The van der Waals surface area contributed by atoms with Gasteiger partial charge in [0.25, 0.3) is 0 Å². The number of hydrogen-bond acceptors (Lipinski definition) is 3. The minimum absolute atomic E-state index is 0. The molecule has 0 radical (unpaired) electrons. The monoisotopic (exact) mass is 497 g/mol. The highest BCUT2D eigenvalue weighted by Crippen LogP contribution is 2.23. The second kappa shape index (κ2) is 10.5. The van der Waals surface area contributed by atoms with Crippen molar-refractivity contribution in [3.63, 3.8) is 0 Å². The summed E-state index contributed by atoms with van der Waals surface area (Å²) in [6.07, 6.45) is 10.00. The lowest BCUT2D eigenvalue weighted by Gasteiger charge is -2.34. The molecule has 5 nitrogen and oxygen atoms in total. The molecule has 0 aromatic rings. The highest BCUT2D eigenvalue weighted by atomic mass is 127. The Balaban J connectivity index is 0.00000243. The summed E-state index contributed by atoms with van der Waals surface area (Å²) in [5.41, 5.74) is 0. The first-order valence-corrected chi connectivity index (χ1v) is 12.1. The van der Waals surface area contributed by atoms with E-state index in [4.69, 9.17) is 4.99 Å². The number of aliphatic imine (C=N–C) groups is 1. The largest absolute Gasteiger partial charge is 0.356 e. The Bertz CT molecular complexity index is 553. The fraction of sp³-hybridized carbons (Fsp3) is 0.947. The van der Waals surface area contributed by atoms with Crippen LogP contribution >= 0.6 is 24.0 Å². The standard InChI is InChI=1S/C19H35N3O2S.HI/c1-16-7-10-22(11-8-16)19(20-13-17-5-3-2-4-6-17)21-14-18-9-12-25(23,24)15-18;/h16-18H,2-15H2,1H3,(H,20,21);1H. The third-order valence-electron chi connectivity index (χ3n) is 6.18. The predicted molar refractivity (Wildman–Crippen MR) is 119 cm³/mol. The topological polar surface area (TPSA) is 61.8 Å². The summed E-state index contributed by atoms with van der Waals surface area (Å²) >= 11 is 0. The highest BCUT2D eigenvalue weighted by molar-refractivity contribution is 14.0. The first-order valence-electron chi connectivity index (χ1n) is 10.3. The van der Waals surface area contributed by atoms with Crippen molar-refractivity contribution in [1.82, 2.24) is 10.2 Å². The van der Waals surface area contributed by atoms with E-state index in [0.717, 1.165) is 43.9 Å². The second-order valence-electron chi connectivity index (χ2n) is 8.49. The third-order valence-corrected chi connectivity index (χ3v) is 8.02. The van der Waals surface area contributed by atoms with E-state index in [-0.39, 0.29) is 29.9 Å². The molecule has 7 heteroatoms. The fourth-order valence-corrected chi connectivity index (χ4v) is 6.20. The van der Waals surface area contributed by atoms with Gasteiger partial charge in [0.05, 0.1) is 11.5 Å². The Morgan fingerprint density at radius 3 is 2.35 bits per heavy atom. The number of hydrogen-bond donors (Lipinski definition) is 1. The first-order chi connectivity index (χ1) is 12.0. The van der Waals surface area contributed by atoms with Gasteiger partial charge in [-0.25, -0.2) is 8.42 Å². The van der Waals surface area contributed by atoms with E-state index in [1.807, 2.05) is 0 Å². The van der Waals surface area contributed by atoms with Crippen LogP contribution in [-0.4, -0.2) is 57.0 Å². The van der Waals surface area contributed by atoms with Gasteiger partial charge in [-0.05, 0) is 49.9 Å². The van der Waals surface area contributed by atoms with Crippen LogP contribution in [0.1, 0.15) is 58.3 Å². The minimum Gasteiger partial charge on any atom is -0.356 e. The number of halogens is 1. The Morgan fingerprint density at radius 2 is 1.73 bits per heavy atom. The fourth-order valence-electron chi connectivity index (χ4n) is 4.35. The van der Waals surface area contributed by atoms with Crippen molar-refractivity contribution < 1.29 is 8.42 Å². The zero-order valence-electron chi connectivity index (χ0n) is 16.2. The van der Waals surface area contributed by atoms with Crippen LogP contribution in [0.3, 0.4) is 0 Å². The van der Waals surface area contributed by atoms with Gasteiger partial charge in [-0.2, -0.15) is 0 Å². The van der Waals surface area contributed by atoms with E-state index in [9.17, 15) is 8.42 Å². The van der Waals surface area contributed by atoms with Gasteiger partial charge in [0.2, 0.25) is 0 Å². The van der Waals surface area contributed by atoms with Gasteiger partial charge in [-0.15, -0.1) is 24.0 Å². The lowest BCUT2D eigenvalue weighted by Crippen LogP contribution is -2.47. The van der Waals surface area contributed by atoms with E-state index in [0.29, 0.717) is 18.1 Å². The minimum atomic E-state index is -2.81. The molecule has 0 amide bonds. The van der Waals surface area contributed by atoms with E-state index >= 15 is 0 Å². The molecule has 152 valence electrons. The molecule has 2 heterocycles. The molecule has 3 rings (SSSR count). The summed E-state index contributed by atoms with van der Waals surface area (Å²) in [6, 6.07) is 0. The molecule has 1 atom stereocenters. The van der Waals surface area contributed by atoms with Gasteiger partial charge in [0, 0.05) is 26.2 Å². The average Bonchev–Trinajstić information content (AvgIpc) is 2.96. The molecule has 1 N–H and O–H groups in total. The lowest BCUT2D eigenvalue weighted by atomic mass is 9.89. The normalized spacial score (nSPS) is 28.0. The van der Waals surface area contributed by atoms with Gasteiger partial charge in [-0.3, -0.25) is 4.99 Å². The van der Waals surface area contributed by atoms with Crippen molar-refractivity contribution in [2.75, 3.05) is 37.7 Å². The molecule has 2 aliphatic heterocycles. The Morgan fingerprint density at radius 1 is 1.04 bits per heavy atom. The van der Waals surface area contributed by atoms with Gasteiger partial charge in [-0.1, -0.05) is 26.2 Å². The van der Waals surface area contributed by atoms with Crippen LogP contribution in [0, 0.1) is 17.8 Å². The van der Waals surface area contributed by atoms with Crippen LogP contribution in [0.4, 0.5) is 0 Å². The molecule has 0 bridgehead atoms. The zero-order chi connectivity index (χ0) is 17.7. The Kier molecular flexibility index (Phi) is 8.97. The van der Waals surface area contributed by atoms with Crippen LogP contribution in [0.5, 0.6) is 0 Å². The van der Waals surface area contributed by atoms with Crippen molar-refractivity contribution in [1.29, 1.82) is 0 Å². The van der Waals surface area contributed by atoms with Crippen LogP contribution in [0.15, 0.2) is 4.99 Å². The number of sulfone groups is 1. The summed E-state index contributed by atoms with van der Waals surface area (Å²) < 4.78 is 23.4. The van der Waals surface area contributed by atoms with Crippen LogP contribution in [0.2, 0.25) is 0 Å². The molecule has 0 spiro atoms. The van der Waals surface area contributed by atoms with Crippen molar-refractivity contribution in [3.05, 3.63) is 0 Å². The third kappa shape index (κ3) is 6.84. The predicted octanol–water partition coefficient (Wildman–Crippen LogP) is 3.30. The number of guanidine groups is 1. The van der Waals surface area contributed by atoms with E-state index in [1.54, 1.807) is 0 Å². The van der Waals surface area contributed by atoms with Crippen LogP contribution in [0.25, 0.3) is 0 Å². The number of nitrogens with zero attached hydrogens (tertiary/aromatic N) is 2. The molecule has 3 fully saturated rings. The molecular formula is C19H36IN3O2S. The van der Waals surface area contributed by atoms with Gasteiger partial charge < -0.3 is 10.2 Å². The maximum absolute atomic E-state index is 11.7. The lowest BCUT2D eigenvalue weighted by molar-refractivity contribution is 0.268. The van der Waals surface area contributed by atoms with Crippen molar-refractivity contribution in [2.24, 2.45) is 22.7 Å². The van der Waals surface area contributed by atoms with E-state index in [1.165, 1.54) is 44.9 Å². The molecule has 1 unspecified atom stereocenters. The molecule has 26 heavy (non-hydrogen) atoms. The maximum Gasteiger partial charge on any atom is 0.193 e. The summed E-state index contributed by atoms with van der Waals surface area (Å²) in [5.74, 6) is 3.48. The smallest absolute Gasteiger partial charge is 0.193 e. The summed E-state index contributed by atoms with van der Waals surface area (Å²) in [5, 5.41) is 3.65. The maximum atomic E-state index is 11.7. The SMILES string of the molecule is CC1CCN(C(=NCC2CCS(=O)(=O)C2)NCC2CCCCC2)CC1.I. The van der Waals surface area contributed by atoms with Gasteiger partial charge in [0.1, 0.15) is 0 Å². The van der Waals surface area contributed by atoms with Crippen LogP contribution in [-0.2, 0) is 9.84 Å². The Labute approximate surface area is 176 Å². The molecule has 1 aliphatic carbocycles. The van der Waals surface area contributed by atoms with Crippen molar-refractivity contribution in [3.8, 4) is 0 Å². The number of likely N-dealkylation sites (tertiary alicyclic amines) is 1. The molecule has 3 aliphatic rings. The van der Waals surface area contributed by atoms with Crippen molar-refractivity contribution in [2.45, 2.75) is 58.3 Å². The zero-order valence-corrected chi connectivity index (χ0v) is 19.3. The van der Waals surface area contributed by atoms with Crippen LogP contribution < -0.4 is 5.32 Å². The quantitative estimate of drug-likeness (QED) is 0.368. The Hall–Kier alpha value is -0.0500. The van der Waals surface area contributed by atoms with Crippen molar-refractivity contribution >= 4 is 39.8 Å². The molecule has 1 saturated carbocycles. The highest BCUT2D eigenvalue weighted by Gasteiger charge is 2.28. The average molecular weight is 497 g/mol. The number of nitrogens with one attached hydrogen (secondary N) is 1. The number of rotatable bonds is 4. The molecule has 2 saturated heterocycles. The molecular weight excluding hydrogens is 461 g/mol. The van der Waals surface area contributed by atoms with Gasteiger partial charge >= 0.3 is 0 Å². The summed E-state index contributed by atoms with van der Waals surface area (Å²) in [4.78, 5) is 7.27. The number of piperidine rings is 1. The second-order valence-corrected chi connectivity index (χ2v) is 10.7. The first kappa shape index (κ1) is 22.2. The van der Waals surface area contributed by atoms with Gasteiger partial charge in [0.15, 0.2) is 15.8 Å². The van der Waals surface area contributed by atoms with E-state index < -0.39 is 9.84 Å². The summed E-state index contributed by atoms with van der Waals surface area (Å²) in [6.45, 7) is 6.14. The summed E-state index contributed by atoms with van der Waals surface area (Å²) in [7, 11) is -2.81. The van der Waals surface area contributed by atoms with E-state index in [2.05, 4.69) is 17.1 Å². The molecule has 0 aromatic heterocycles. The molecule has 0 aromatic carbocycles.